The third-order valence-corrected chi connectivity index (χ3v) is 5.08. The molecule has 2 heterocycles. The van der Waals surface area contributed by atoms with E-state index in [4.69, 9.17) is 0 Å². The van der Waals surface area contributed by atoms with Crippen molar-refractivity contribution < 1.29 is 4.79 Å². The van der Waals surface area contributed by atoms with E-state index < -0.39 is 0 Å². The summed E-state index contributed by atoms with van der Waals surface area (Å²) in [5.41, 5.74) is 2.77. The normalized spacial score (nSPS) is 10.8. The molecule has 0 amide bonds. The number of nitrogens with one attached hydrogen (secondary N) is 1. The molecule has 0 aliphatic carbocycles. The Morgan fingerprint density at radius 1 is 0.926 bits per heavy atom. The second-order valence-corrected chi connectivity index (χ2v) is 6.97. The van der Waals surface area contributed by atoms with Crippen molar-refractivity contribution in [3.63, 3.8) is 0 Å². The molecule has 0 bridgehead atoms. The Kier molecular flexibility index (Phi) is 5.16. The number of hydrogen-bond acceptors (Lipinski definition) is 4. The van der Waals surface area contributed by atoms with Crippen molar-refractivity contribution in [3.8, 4) is 5.69 Å². The van der Waals surface area contributed by atoms with Crippen molar-refractivity contribution in [3.05, 3.63) is 96.1 Å². The van der Waals surface area contributed by atoms with E-state index in [-0.39, 0.29) is 5.78 Å². The molecule has 0 atom stereocenters. The molecule has 134 valence electrons. The summed E-state index contributed by atoms with van der Waals surface area (Å²) in [5.74, 6) is 1.19. The van der Waals surface area contributed by atoms with Gasteiger partial charge in [-0.3, -0.25) is 9.36 Å². The molecule has 5 nitrogen and oxygen atoms in total. The van der Waals surface area contributed by atoms with Gasteiger partial charge in [-0.25, -0.2) is 0 Å². The molecule has 27 heavy (non-hydrogen) atoms. The molecular formula is C21H18N4OS. The van der Waals surface area contributed by atoms with Crippen LogP contribution in [-0.4, -0.2) is 31.3 Å². The van der Waals surface area contributed by atoms with Gasteiger partial charge < -0.3 is 4.98 Å². The first-order chi connectivity index (χ1) is 13.3. The van der Waals surface area contributed by atoms with Crippen molar-refractivity contribution in [2.75, 3.05) is 5.75 Å². The highest BCUT2D eigenvalue weighted by Gasteiger charge is 2.17. The maximum atomic E-state index is 12.3. The lowest BCUT2D eigenvalue weighted by molar-refractivity contribution is 0.101. The van der Waals surface area contributed by atoms with Crippen LogP contribution in [0.3, 0.4) is 0 Å². The molecule has 4 aromatic rings. The molecule has 0 fully saturated rings. The third-order valence-electron chi connectivity index (χ3n) is 4.15. The van der Waals surface area contributed by atoms with E-state index in [1.165, 1.54) is 17.3 Å². The van der Waals surface area contributed by atoms with Crippen LogP contribution < -0.4 is 0 Å². The number of aromatic amines is 1. The summed E-state index contributed by atoms with van der Waals surface area (Å²) in [6.45, 7) is 0. The van der Waals surface area contributed by atoms with Gasteiger partial charge in [0, 0.05) is 18.3 Å². The highest BCUT2D eigenvalue weighted by molar-refractivity contribution is 7.99. The maximum Gasteiger partial charge on any atom is 0.196 e. The fourth-order valence-corrected chi connectivity index (χ4v) is 3.69. The SMILES string of the molecule is O=C(CSc1nnc(Cc2ccccc2)n1-c1ccccc1)c1ccc[nH]1. The van der Waals surface area contributed by atoms with E-state index in [2.05, 4.69) is 27.3 Å². The van der Waals surface area contributed by atoms with Crippen molar-refractivity contribution in [1.29, 1.82) is 0 Å². The number of para-hydroxylation sites is 1. The quantitative estimate of drug-likeness (QED) is 0.390. The number of nitrogens with zero attached hydrogens (tertiary/aromatic N) is 3. The Morgan fingerprint density at radius 2 is 1.67 bits per heavy atom. The minimum atomic E-state index is 0.0391. The lowest BCUT2D eigenvalue weighted by Gasteiger charge is -2.10. The zero-order valence-corrected chi connectivity index (χ0v) is 15.4. The molecular weight excluding hydrogens is 356 g/mol. The Hall–Kier alpha value is -3.12. The average Bonchev–Trinajstić information content (AvgIpc) is 3.38. The molecule has 0 aliphatic heterocycles. The van der Waals surface area contributed by atoms with Crippen molar-refractivity contribution in [2.45, 2.75) is 11.6 Å². The molecule has 0 aliphatic rings. The number of carbonyl (C=O) groups is 1. The molecule has 0 spiro atoms. The first-order valence-electron chi connectivity index (χ1n) is 8.64. The van der Waals surface area contributed by atoms with Gasteiger partial charge in [0.1, 0.15) is 5.82 Å². The average molecular weight is 374 g/mol. The standard InChI is InChI=1S/C21H18N4OS/c26-19(18-12-7-13-22-18)15-27-21-24-23-20(14-16-8-3-1-4-9-16)25(21)17-10-5-2-6-11-17/h1-13,22H,14-15H2. The van der Waals surface area contributed by atoms with Gasteiger partial charge in [0.05, 0.1) is 11.4 Å². The second-order valence-electron chi connectivity index (χ2n) is 6.03. The Balaban J connectivity index is 1.62. The molecule has 2 aromatic heterocycles. The first kappa shape index (κ1) is 17.3. The van der Waals surface area contributed by atoms with Gasteiger partial charge in [-0.15, -0.1) is 10.2 Å². The molecule has 1 N–H and O–H groups in total. The summed E-state index contributed by atoms with van der Waals surface area (Å²) in [7, 11) is 0. The van der Waals surface area contributed by atoms with E-state index >= 15 is 0 Å². The van der Waals surface area contributed by atoms with Crippen molar-refractivity contribution in [2.24, 2.45) is 0 Å². The van der Waals surface area contributed by atoms with E-state index in [9.17, 15) is 4.79 Å². The van der Waals surface area contributed by atoms with Gasteiger partial charge in [-0.05, 0) is 29.8 Å². The molecule has 0 saturated heterocycles. The Morgan fingerprint density at radius 3 is 2.37 bits per heavy atom. The number of Topliss-reactive ketones (excluding diaryl/α,β-unsaturated/α-hetero) is 1. The van der Waals surface area contributed by atoms with Crippen LogP contribution in [0.1, 0.15) is 21.9 Å². The number of benzene rings is 2. The lowest BCUT2D eigenvalue weighted by atomic mass is 10.1. The highest BCUT2D eigenvalue weighted by Crippen LogP contribution is 2.24. The molecule has 0 saturated carbocycles. The van der Waals surface area contributed by atoms with E-state index in [1.54, 1.807) is 12.3 Å². The van der Waals surface area contributed by atoms with Crippen LogP contribution in [-0.2, 0) is 6.42 Å². The van der Waals surface area contributed by atoms with Gasteiger partial charge in [0.2, 0.25) is 0 Å². The van der Waals surface area contributed by atoms with Crippen LogP contribution in [0.5, 0.6) is 0 Å². The fourth-order valence-electron chi connectivity index (χ4n) is 2.83. The lowest BCUT2D eigenvalue weighted by Crippen LogP contribution is -2.06. The van der Waals surface area contributed by atoms with Crippen molar-refractivity contribution in [1.82, 2.24) is 19.7 Å². The van der Waals surface area contributed by atoms with E-state index in [0.717, 1.165) is 11.5 Å². The number of hydrogen-bond donors (Lipinski definition) is 1. The number of aromatic nitrogens is 4. The highest BCUT2D eigenvalue weighted by atomic mass is 32.2. The summed E-state index contributed by atoms with van der Waals surface area (Å²) in [6.07, 6.45) is 2.43. The minimum absolute atomic E-state index is 0.0391. The Bertz CT molecular complexity index is 1010. The van der Waals surface area contributed by atoms with Crippen LogP contribution in [0, 0.1) is 0 Å². The van der Waals surface area contributed by atoms with Gasteiger partial charge in [0.15, 0.2) is 10.9 Å². The van der Waals surface area contributed by atoms with Crippen LogP contribution in [0.2, 0.25) is 0 Å². The fraction of sp³-hybridized carbons (Fsp3) is 0.0952. The predicted octanol–water partition coefficient (Wildman–Crippen LogP) is 4.16. The topological polar surface area (TPSA) is 63.6 Å². The first-order valence-corrected chi connectivity index (χ1v) is 9.63. The third kappa shape index (κ3) is 4.01. The number of carbonyl (C=O) groups excluding carboxylic acids is 1. The smallest absolute Gasteiger partial charge is 0.196 e. The zero-order chi connectivity index (χ0) is 18.5. The van der Waals surface area contributed by atoms with E-state index in [1.807, 2.05) is 59.2 Å². The van der Waals surface area contributed by atoms with E-state index in [0.29, 0.717) is 23.0 Å². The number of rotatable bonds is 7. The van der Waals surface area contributed by atoms with Gasteiger partial charge in [0.25, 0.3) is 0 Å². The summed E-state index contributed by atoms with van der Waals surface area (Å²) < 4.78 is 2.03. The maximum absolute atomic E-state index is 12.3. The van der Waals surface area contributed by atoms with Crippen LogP contribution in [0.4, 0.5) is 0 Å². The summed E-state index contributed by atoms with van der Waals surface area (Å²) in [6, 6.07) is 23.8. The second kappa shape index (κ2) is 8.05. The van der Waals surface area contributed by atoms with Crippen LogP contribution in [0.25, 0.3) is 5.69 Å². The zero-order valence-electron chi connectivity index (χ0n) is 14.6. The van der Waals surface area contributed by atoms with Gasteiger partial charge in [-0.1, -0.05) is 60.3 Å². The molecule has 0 radical (unpaired) electrons. The van der Waals surface area contributed by atoms with Crippen LogP contribution in [0.15, 0.2) is 84.1 Å². The Labute approximate surface area is 161 Å². The van der Waals surface area contributed by atoms with Crippen LogP contribution >= 0.6 is 11.8 Å². The molecule has 6 heteroatoms. The van der Waals surface area contributed by atoms with Gasteiger partial charge in [-0.2, -0.15) is 0 Å². The largest absolute Gasteiger partial charge is 0.359 e. The number of ketones is 1. The summed E-state index contributed by atoms with van der Waals surface area (Å²) >= 11 is 1.40. The summed E-state index contributed by atoms with van der Waals surface area (Å²) in [5, 5.41) is 9.47. The predicted molar refractivity (Wildman–Crippen MR) is 106 cm³/mol. The van der Waals surface area contributed by atoms with Gasteiger partial charge >= 0.3 is 0 Å². The number of H-pyrrole nitrogens is 1. The summed E-state index contributed by atoms with van der Waals surface area (Å²) in [4.78, 5) is 15.3. The molecule has 2 aromatic carbocycles. The minimum Gasteiger partial charge on any atom is -0.359 e. The number of thioether (sulfide) groups is 1. The molecule has 0 unspecified atom stereocenters. The molecule has 4 rings (SSSR count). The monoisotopic (exact) mass is 374 g/mol. The van der Waals surface area contributed by atoms with Crippen molar-refractivity contribution >= 4 is 17.5 Å².